The molecule has 29 heavy (non-hydrogen) atoms. The molecule has 1 amide bonds. The van der Waals surface area contributed by atoms with E-state index in [-0.39, 0.29) is 29.6 Å². The van der Waals surface area contributed by atoms with Crippen LogP contribution in [0.2, 0.25) is 0 Å². The van der Waals surface area contributed by atoms with E-state index in [1.807, 2.05) is 6.92 Å². The van der Waals surface area contributed by atoms with Crippen LogP contribution in [0.15, 0.2) is 23.1 Å². The summed E-state index contributed by atoms with van der Waals surface area (Å²) in [5, 5.41) is 7.03. The SMILES string of the molecule is CCCCN(C)S(=O)(=O)c1cc(-c2c(C)nn3c2NC(=O)CCC3=O)ccc1C. The highest BCUT2D eigenvalue weighted by molar-refractivity contribution is 7.89. The fourth-order valence-corrected chi connectivity index (χ4v) is 4.85. The first-order chi connectivity index (χ1) is 13.7. The van der Waals surface area contributed by atoms with E-state index in [0.717, 1.165) is 12.8 Å². The highest BCUT2D eigenvalue weighted by Gasteiger charge is 2.28. The first-order valence-corrected chi connectivity index (χ1v) is 11.1. The van der Waals surface area contributed by atoms with Gasteiger partial charge in [-0.25, -0.2) is 12.7 Å². The molecule has 9 heteroatoms. The van der Waals surface area contributed by atoms with Crippen molar-refractivity contribution in [2.75, 3.05) is 18.9 Å². The van der Waals surface area contributed by atoms with Crippen molar-refractivity contribution in [2.45, 2.75) is 51.3 Å². The maximum atomic E-state index is 13.1. The first-order valence-electron chi connectivity index (χ1n) is 9.66. The minimum atomic E-state index is -3.67. The van der Waals surface area contributed by atoms with E-state index in [4.69, 9.17) is 0 Å². The van der Waals surface area contributed by atoms with Crippen molar-refractivity contribution < 1.29 is 18.0 Å². The van der Waals surface area contributed by atoms with Crippen LogP contribution in [0.1, 0.15) is 48.7 Å². The highest BCUT2D eigenvalue weighted by Crippen LogP contribution is 2.35. The number of nitrogens with zero attached hydrogens (tertiary/aromatic N) is 3. The smallest absolute Gasteiger partial charge is 0.249 e. The van der Waals surface area contributed by atoms with Gasteiger partial charge >= 0.3 is 0 Å². The second-order valence-corrected chi connectivity index (χ2v) is 9.34. The summed E-state index contributed by atoms with van der Waals surface area (Å²) in [4.78, 5) is 24.6. The van der Waals surface area contributed by atoms with Crippen LogP contribution in [0.4, 0.5) is 5.82 Å². The Kier molecular flexibility index (Phi) is 5.90. The molecule has 0 saturated heterocycles. The van der Waals surface area contributed by atoms with E-state index in [9.17, 15) is 18.0 Å². The molecule has 1 aliphatic rings. The van der Waals surface area contributed by atoms with Gasteiger partial charge in [0.25, 0.3) is 0 Å². The molecule has 0 fully saturated rings. The topological polar surface area (TPSA) is 101 Å². The third-order valence-electron chi connectivity index (χ3n) is 5.11. The van der Waals surface area contributed by atoms with Gasteiger partial charge in [-0.2, -0.15) is 9.78 Å². The van der Waals surface area contributed by atoms with Crippen molar-refractivity contribution in [1.82, 2.24) is 14.1 Å². The third-order valence-corrected chi connectivity index (χ3v) is 7.11. The number of hydrogen-bond donors (Lipinski definition) is 1. The standard InChI is InChI=1S/C20H26N4O4S/c1-5-6-11-23(4)29(27,28)16-12-15(8-7-13(16)2)19-14(3)22-24-18(26)10-9-17(25)21-20(19)24/h7-8,12H,5-6,9-11H2,1-4H3,(H,21,25). The molecule has 0 saturated carbocycles. The normalized spacial score (nSPS) is 14.7. The van der Waals surface area contributed by atoms with Crippen molar-refractivity contribution in [3.05, 3.63) is 29.5 Å². The number of hydrogen-bond acceptors (Lipinski definition) is 5. The Bertz CT molecular complexity index is 1070. The lowest BCUT2D eigenvalue weighted by molar-refractivity contribution is -0.116. The molecule has 0 bridgehead atoms. The Morgan fingerprint density at radius 3 is 2.62 bits per heavy atom. The van der Waals surface area contributed by atoms with E-state index in [1.54, 1.807) is 39.1 Å². The molecule has 156 valence electrons. The molecule has 1 N–H and O–H groups in total. The molecule has 1 aromatic heterocycles. The van der Waals surface area contributed by atoms with E-state index < -0.39 is 10.0 Å². The Morgan fingerprint density at radius 2 is 1.93 bits per heavy atom. The lowest BCUT2D eigenvalue weighted by atomic mass is 10.0. The van der Waals surface area contributed by atoms with Gasteiger partial charge in [0.2, 0.25) is 21.8 Å². The number of carbonyl (C=O) groups is 2. The zero-order chi connectivity index (χ0) is 21.3. The van der Waals surface area contributed by atoms with Crippen LogP contribution in [-0.4, -0.2) is 47.9 Å². The monoisotopic (exact) mass is 418 g/mol. The van der Waals surface area contributed by atoms with Crippen molar-refractivity contribution >= 4 is 27.7 Å². The van der Waals surface area contributed by atoms with Crippen molar-refractivity contribution in [1.29, 1.82) is 0 Å². The van der Waals surface area contributed by atoms with Crippen LogP contribution >= 0.6 is 0 Å². The lowest BCUT2D eigenvalue weighted by Gasteiger charge is -2.19. The molecule has 1 aromatic carbocycles. The van der Waals surface area contributed by atoms with Gasteiger partial charge in [-0.15, -0.1) is 0 Å². The molecular formula is C20H26N4O4S. The Balaban J connectivity index is 2.12. The summed E-state index contributed by atoms with van der Waals surface area (Å²) in [6.45, 7) is 5.94. The Labute approximate surface area is 170 Å². The van der Waals surface area contributed by atoms with Gasteiger partial charge in [-0.05, 0) is 37.5 Å². The van der Waals surface area contributed by atoms with Crippen LogP contribution in [0.5, 0.6) is 0 Å². The third kappa shape index (κ3) is 3.97. The van der Waals surface area contributed by atoms with Gasteiger partial charge in [0.1, 0.15) is 5.82 Å². The van der Waals surface area contributed by atoms with E-state index in [0.29, 0.717) is 34.7 Å². The van der Waals surface area contributed by atoms with Crippen LogP contribution < -0.4 is 5.32 Å². The number of aromatic nitrogens is 2. The van der Waals surface area contributed by atoms with Crippen LogP contribution in [0.25, 0.3) is 11.1 Å². The summed E-state index contributed by atoms with van der Waals surface area (Å²) < 4.78 is 28.8. The molecule has 0 aliphatic carbocycles. The fourth-order valence-electron chi connectivity index (χ4n) is 3.39. The molecular weight excluding hydrogens is 392 g/mol. The van der Waals surface area contributed by atoms with Gasteiger partial charge in [0.05, 0.1) is 10.6 Å². The average molecular weight is 419 g/mol. The zero-order valence-electron chi connectivity index (χ0n) is 17.2. The van der Waals surface area contributed by atoms with Crippen LogP contribution in [0.3, 0.4) is 0 Å². The number of unbranched alkanes of at least 4 members (excludes halogenated alkanes) is 1. The predicted octanol–water partition coefficient (Wildman–Crippen LogP) is 2.96. The van der Waals surface area contributed by atoms with Crippen LogP contribution in [0, 0.1) is 13.8 Å². The van der Waals surface area contributed by atoms with E-state index >= 15 is 0 Å². The maximum absolute atomic E-state index is 13.1. The number of amides is 1. The van der Waals surface area contributed by atoms with Gasteiger partial charge in [-0.3, -0.25) is 9.59 Å². The molecule has 2 aromatic rings. The number of fused-ring (bicyclic) bond motifs is 1. The quantitative estimate of drug-likeness (QED) is 0.777. The first kappa shape index (κ1) is 21.2. The van der Waals surface area contributed by atoms with Crippen molar-refractivity contribution in [3.8, 4) is 11.1 Å². The van der Waals surface area contributed by atoms with E-state index in [2.05, 4.69) is 10.4 Å². The zero-order valence-corrected chi connectivity index (χ0v) is 18.0. The molecule has 0 atom stereocenters. The number of nitrogens with one attached hydrogen (secondary N) is 1. The van der Waals surface area contributed by atoms with Gasteiger partial charge in [0.15, 0.2) is 0 Å². The number of anilines is 1. The summed E-state index contributed by atoms with van der Waals surface area (Å²) in [6, 6.07) is 5.12. The molecule has 1 aliphatic heterocycles. The average Bonchev–Trinajstić information content (AvgIpc) is 2.93. The minimum absolute atomic E-state index is 0.0785. The molecule has 8 nitrogen and oxygen atoms in total. The maximum Gasteiger partial charge on any atom is 0.249 e. The summed E-state index contributed by atoms with van der Waals surface area (Å²) in [7, 11) is -2.09. The molecule has 2 heterocycles. The second-order valence-electron chi connectivity index (χ2n) is 7.32. The second kappa shape index (κ2) is 8.08. The minimum Gasteiger partial charge on any atom is -0.310 e. The lowest BCUT2D eigenvalue weighted by Crippen LogP contribution is -2.28. The highest BCUT2D eigenvalue weighted by atomic mass is 32.2. The van der Waals surface area contributed by atoms with Crippen LogP contribution in [-0.2, 0) is 14.8 Å². The Morgan fingerprint density at radius 1 is 1.21 bits per heavy atom. The van der Waals surface area contributed by atoms with E-state index in [1.165, 1.54) is 8.99 Å². The Hall–Kier alpha value is -2.52. The predicted molar refractivity (Wildman–Crippen MR) is 110 cm³/mol. The van der Waals surface area contributed by atoms with Gasteiger partial charge < -0.3 is 5.32 Å². The summed E-state index contributed by atoms with van der Waals surface area (Å²) in [6.07, 6.45) is 1.85. The summed E-state index contributed by atoms with van der Waals surface area (Å²) in [5.74, 6) is -0.244. The number of rotatable bonds is 6. The fraction of sp³-hybridized carbons (Fsp3) is 0.450. The molecule has 0 spiro atoms. The van der Waals surface area contributed by atoms with Gasteiger partial charge in [0, 0.05) is 32.0 Å². The van der Waals surface area contributed by atoms with Gasteiger partial charge in [-0.1, -0.05) is 25.5 Å². The molecule has 3 rings (SSSR count). The molecule has 0 radical (unpaired) electrons. The summed E-state index contributed by atoms with van der Waals surface area (Å²) >= 11 is 0. The summed E-state index contributed by atoms with van der Waals surface area (Å²) in [5.41, 5.74) is 2.32. The number of aryl methyl sites for hydroxylation is 2. The molecule has 0 unspecified atom stereocenters. The number of carbonyl (C=O) groups excluding carboxylic acids is 2. The number of benzene rings is 1. The largest absolute Gasteiger partial charge is 0.310 e. The van der Waals surface area contributed by atoms with Crippen molar-refractivity contribution in [2.24, 2.45) is 0 Å². The van der Waals surface area contributed by atoms with Crippen molar-refractivity contribution in [3.63, 3.8) is 0 Å². The number of sulfonamides is 1.